The minimum absolute atomic E-state index is 0.562. The lowest BCUT2D eigenvalue weighted by molar-refractivity contribution is 0.0229. The second-order valence-electron chi connectivity index (χ2n) is 3.99. The highest BCUT2D eigenvalue weighted by Crippen LogP contribution is 2.01. The molecule has 0 saturated carbocycles. The van der Waals surface area contributed by atoms with Crippen LogP contribution in [0.1, 0.15) is 17.1 Å². The molecule has 1 aromatic carbocycles. The van der Waals surface area contributed by atoms with E-state index in [0.717, 1.165) is 17.1 Å². The van der Waals surface area contributed by atoms with Crippen molar-refractivity contribution in [1.82, 2.24) is 15.0 Å². The van der Waals surface area contributed by atoms with E-state index >= 15 is 0 Å². The molecule has 2 rings (SSSR count). The maximum absolute atomic E-state index is 5.37. The molecule has 0 atom stereocenters. The molecule has 0 unspecified atom stereocenters. The zero-order valence-electron chi connectivity index (χ0n) is 10.2. The fourth-order valence-electron chi connectivity index (χ4n) is 1.55. The smallest absolute Gasteiger partial charge is 0.105 e. The van der Waals surface area contributed by atoms with Gasteiger partial charge < -0.3 is 4.57 Å². The van der Waals surface area contributed by atoms with E-state index in [2.05, 4.69) is 10.5 Å². The van der Waals surface area contributed by atoms with Gasteiger partial charge in [-0.2, -0.15) is 5.48 Å². The minimum Gasteiger partial charge on any atom is -0.338 e. The number of rotatable bonds is 5. The molecule has 1 heterocycles. The highest BCUT2D eigenvalue weighted by atomic mass is 16.6. The lowest BCUT2D eigenvalue weighted by Crippen LogP contribution is -2.14. The van der Waals surface area contributed by atoms with Crippen LogP contribution in [0.15, 0.2) is 36.5 Å². The predicted molar refractivity (Wildman–Crippen MR) is 66.0 cm³/mol. The zero-order valence-corrected chi connectivity index (χ0v) is 10.2. The maximum Gasteiger partial charge on any atom is 0.105 e. The summed E-state index contributed by atoms with van der Waals surface area (Å²) in [5.41, 5.74) is 5.05. The van der Waals surface area contributed by atoms with Gasteiger partial charge in [0, 0.05) is 13.2 Å². The van der Waals surface area contributed by atoms with Crippen LogP contribution < -0.4 is 5.48 Å². The van der Waals surface area contributed by atoms with E-state index in [9.17, 15) is 0 Å². The number of hydrogen-bond acceptors (Lipinski definition) is 3. The fraction of sp³-hybridized carbons (Fsp3) is 0.308. The Morgan fingerprint density at radius 2 is 2.06 bits per heavy atom. The Bertz CT molecular complexity index is 445. The summed E-state index contributed by atoms with van der Waals surface area (Å²) in [7, 11) is 1.98. The molecule has 0 spiro atoms. The Balaban J connectivity index is 1.73. The molecule has 1 N–H and O–H groups in total. The highest BCUT2D eigenvalue weighted by Gasteiger charge is 2.00. The summed E-state index contributed by atoms with van der Waals surface area (Å²) in [6.07, 6.45) is 1.99. The molecular weight excluding hydrogens is 214 g/mol. The van der Waals surface area contributed by atoms with Crippen molar-refractivity contribution in [3.63, 3.8) is 0 Å². The van der Waals surface area contributed by atoms with Crippen molar-refractivity contribution in [2.24, 2.45) is 7.05 Å². The average Bonchev–Trinajstić information content (AvgIpc) is 2.66. The molecular formula is C13H17N3O. The van der Waals surface area contributed by atoms with Crippen LogP contribution in [0, 0.1) is 6.92 Å². The van der Waals surface area contributed by atoms with Crippen molar-refractivity contribution in [2.45, 2.75) is 20.1 Å². The van der Waals surface area contributed by atoms with Gasteiger partial charge in [-0.05, 0) is 12.5 Å². The molecule has 1 aromatic heterocycles. The molecule has 17 heavy (non-hydrogen) atoms. The van der Waals surface area contributed by atoms with Crippen molar-refractivity contribution in [3.8, 4) is 0 Å². The van der Waals surface area contributed by atoms with Gasteiger partial charge in [0.05, 0.1) is 18.8 Å². The van der Waals surface area contributed by atoms with Crippen molar-refractivity contribution in [3.05, 3.63) is 53.6 Å². The molecule has 90 valence electrons. The number of hydroxylamine groups is 1. The van der Waals surface area contributed by atoms with Crippen LogP contribution in [-0.4, -0.2) is 9.55 Å². The van der Waals surface area contributed by atoms with Crippen LogP contribution in [0.25, 0.3) is 0 Å². The third kappa shape index (κ3) is 3.41. The quantitative estimate of drug-likeness (QED) is 0.631. The van der Waals surface area contributed by atoms with Gasteiger partial charge in [0.25, 0.3) is 0 Å². The number of imidazole rings is 1. The molecule has 0 saturated heterocycles. The van der Waals surface area contributed by atoms with Gasteiger partial charge in [0.1, 0.15) is 5.82 Å². The second kappa shape index (κ2) is 5.61. The van der Waals surface area contributed by atoms with Gasteiger partial charge in [-0.15, -0.1) is 0 Å². The lowest BCUT2D eigenvalue weighted by atomic mass is 10.2. The van der Waals surface area contributed by atoms with Gasteiger partial charge in [-0.25, -0.2) is 4.98 Å². The SMILES string of the molecule is Cc1nc(CNOCc2ccccc2)cn1C. The summed E-state index contributed by atoms with van der Waals surface area (Å²) in [6.45, 7) is 3.16. The molecule has 4 heteroatoms. The minimum atomic E-state index is 0.562. The molecule has 4 nitrogen and oxygen atoms in total. The fourth-order valence-corrected chi connectivity index (χ4v) is 1.55. The molecule has 0 fully saturated rings. The largest absolute Gasteiger partial charge is 0.338 e. The molecule has 0 aliphatic carbocycles. The Morgan fingerprint density at radius 1 is 1.29 bits per heavy atom. The molecule has 0 aliphatic rings. The maximum atomic E-state index is 5.37. The first-order valence-electron chi connectivity index (χ1n) is 5.63. The molecule has 0 amide bonds. The molecule has 0 radical (unpaired) electrons. The topological polar surface area (TPSA) is 39.1 Å². The lowest BCUT2D eigenvalue weighted by Gasteiger charge is -2.03. The van der Waals surface area contributed by atoms with Crippen LogP contribution in [0.5, 0.6) is 0 Å². The molecule has 0 aliphatic heterocycles. The van der Waals surface area contributed by atoms with E-state index in [4.69, 9.17) is 4.84 Å². The van der Waals surface area contributed by atoms with E-state index in [1.807, 2.05) is 55.1 Å². The van der Waals surface area contributed by atoms with E-state index in [0.29, 0.717) is 13.2 Å². The van der Waals surface area contributed by atoms with E-state index in [1.54, 1.807) is 0 Å². The number of hydrogen-bond donors (Lipinski definition) is 1. The van der Waals surface area contributed by atoms with E-state index < -0.39 is 0 Å². The van der Waals surface area contributed by atoms with E-state index in [1.165, 1.54) is 0 Å². The Morgan fingerprint density at radius 3 is 2.71 bits per heavy atom. The summed E-state index contributed by atoms with van der Waals surface area (Å²) in [5, 5.41) is 0. The normalized spacial score (nSPS) is 10.7. The van der Waals surface area contributed by atoms with Gasteiger partial charge in [-0.3, -0.25) is 4.84 Å². The number of nitrogens with zero attached hydrogens (tertiary/aromatic N) is 2. The first-order valence-corrected chi connectivity index (χ1v) is 5.63. The summed E-state index contributed by atoms with van der Waals surface area (Å²) in [5.74, 6) is 1.00. The van der Waals surface area contributed by atoms with Gasteiger partial charge >= 0.3 is 0 Å². The van der Waals surface area contributed by atoms with Crippen molar-refractivity contribution >= 4 is 0 Å². The molecule has 0 bridgehead atoms. The third-order valence-electron chi connectivity index (χ3n) is 2.60. The number of aryl methyl sites for hydroxylation is 2. The zero-order chi connectivity index (χ0) is 12.1. The predicted octanol–water partition coefficient (Wildman–Crippen LogP) is 1.95. The van der Waals surface area contributed by atoms with Crippen LogP contribution in [0.3, 0.4) is 0 Å². The Hall–Kier alpha value is -1.65. The van der Waals surface area contributed by atoms with Crippen LogP contribution >= 0.6 is 0 Å². The Labute approximate surface area is 101 Å². The van der Waals surface area contributed by atoms with Gasteiger partial charge in [-0.1, -0.05) is 30.3 Å². The van der Waals surface area contributed by atoms with Gasteiger partial charge in [0.2, 0.25) is 0 Å². The standard InChI is InChI=1S/C13H17N3O/c1-11-15-13(9-16(11)2)8-14-17-10-12-6-4-3-5-7-12/h3-7,9,14H,8,10H2,1-2H3. The van der Waals surface area contributed by atoms with Crippen molar-refractivity contribution in [2.75, 3.05) is 0 Å². The summed E-state index contributed by atoms with van der Waals surface area (Å²) in [4.78, 5) is 9.75. The monoisotopic (exact) mass is 231 g/mol. The van der Waals surface area contributed by atoms with Crippen molar-refractivity contribution < 1.29 is 4.84 Å². The van der Waals surface area contributed by atoms with Crippen molar-refractivity contribution in [1.29, 1.82) is 0 Å². The van der Waals surface area contributed by atoms with Crippen LogP contribution in [-0.2, 0) is 25.0 Å². The number of aromatic nitrogens is 2. The Kier molecular flexibility index (Phi) is 3.90. The average molecular weight is 231 g/mol. The summed E-state index contributed by atoms with van der Waals surface area (Å²) in [6, 6.07) is 10.1. The number of benzene rings is 1. The first kappa shape index (κ1) is 11.8. The summed E-state index contributed by atoms with van der Waals surface area (Å²) >= 11 is 0. The van der Waals surface area contributed by atoms with E-state index in [-0.39, 0.29) is 0 Å². The van der Waals surface area contributed by atoms with Crippen LogP contribution in [0.4, 0.5) is 0 Å². The second-order valence-corrected chi connectivity index (χ2v) is 3.99. The molecule has 2 aromatic rings. The summed E-state index contributed by atoms with van der Waals surface area (Å²) < 4.78 is 1.99. The van der Waals surface area contributed by atoms with Gasteiger partial charge in [0.15, 0.2) is 0 Å². The number of nitrogens with one attached hydrogen (secondary N) is 1. The first-order chi connectivity index (χ1) is 8.25. The van der Waals surface area contributed by atoms with Crippen LogP contribution in [0.2, 0.25) is 0 Å². The highest BCUT2D eigenvalue weighted by molar-refractivity contribution is 5.13. The third-order valence-corrected chi connectivity index (χ3v) is 2.60.